The minimum absolute atomic E-state index is 0. The molecule has 2 aromatic carbocycles. The highest BCUT2D eigenvalue weighted by atomic mass is 79.9. The number of Topliss-reactive ketones (excluding diaryl/α,β-unsaturated/α-hetero) is 1. The van der Waals surface area contributed by atoms with Gasteiger partial charge in [-0.15, -0.1) is 0 Å². The fraction of sp³-hybridized carbons (Fsp3) is 0.176. The van der Waals surface area contributed by atoms with E-state index in [4.69, 9.17) is 4.74 Å². The van der Waals surface area contributed by atoms with Crippen molar-refractivity contribution < 1.29 is 26.5 Å². The van der Waals surface area contributed by atoms with Gasteiger partial charge in [-0.2, -0.15) is 0 Å². The summed E-state index contributed by atoms with van der Waals surface area (Å²) in [5.74, 6) is 0.823. The van der Waals surface area contributed by atoms with Gasteiger partial charge in [0.1, 0.15) is 11.3 Å². The fourth-order valence-electron chi connectivity index (χ4n) is 2.15. The summed E-state index contributed by atoms with van der Waals surface area (Å²) in [6, 6.07) is 15.1. The first kappa shape index (κ1) is 17.4. The number of carbonyl (C=O) groups excluding carboxylic acids is 1. The molecule has 0 unspecified atom stereocenters. The Kier molecular flexibility index (Phi) is 6.12. The Labute approximate surface area is 149 Å². The van der Waals surface area contributed by atoms with Crippen molar-refractivity contribution in [2.75, 3.05) is 18.5 Å². The van der Waals surface area contributed by atoms with Gasteiger partial charge in [-0.3, -0.25) is 4.79 Å². The summed E-state index contributed by atoms with van der Waals surface area (Å²) in [6.45, 7) is 2.78. The highest BCUT2D eigenvalue weighted by molar-refractivity contribution is 7.22. The lowest BCUT2D eigenvalue weighted by Gasteiger charge is -2.02. The number of para-hydroxylation sites is 1. The van der Waals surface area contributed by atoms with E-state index in [0.717, 1.165) is 21.1 Å². The summed E-state index contributed by atoms with van der Waals surface area (Å²) in [5, 5.41) is 3.83. The first-order valence-corrected chi connectivity index (χ1v) is 7.94. The van der Waals surface area contributed by atoms with Crippen molar-refractivity contribution in [2.24, 2.45) is 0 Å². The van der Waals surface area contributed by atoms with Crippen LogP contribution in [0, 0.1) is 0 Å². The van der Waals surface area contributed by atoms with Crippen LogP contribution in [-0.2, 0) is 0 Å². The number of aromatic nitrogens is 1. The molecule has 0 spiro atoms. The van der Waals surface area contributed by atoms with E-state index in [1.807, 2.05) is 55.5 Å². The van der Waals surface area contributed by atoms with Gasteiger partial charge in [0.2, 0.25) is 0 Å². The van der Waals surface area contributed by atoms with Crippen molar-refractivity contribution >= 4 is 32.5 Å². The van der Waals surface area contributed by atoms with Gasteiger partial charge in [0.15, 0.2) is 10.9 Å². The third-order valence-electron chi connectivity index (χ3n) is 3.18. The normalized spacial score (nSPS) is 10.1. The van der Waals surface area contributed by atoms with E-state index in [0.29, 0.717) is 12.2 Å². The van der Waals surface area contributed by atoms with Crippen molar-refractivity contribution in [3.63, 3.8) is 0 Å². The topological polar surface area (TPSA) is 51.2 Å². The number of hydrogen-bond donors (Lipinski definition) is 1. The predicted octanol–water partition coefficient (Wildman–Crippen LogP) is 0.994. The van der Waals surface area contributed by atoms with Crippen LogP contribution in [0.2, 0.25) is 0 Å². The Bertz CT molecular complexity index is 790. The Hall–Kier alpha value is -1.92. The van der Waals surface area contributed by atoms with E-state index in [1.54, 1.807) is 0 Å². The lowest BCUT2D eigenvalue weighted by molar-refractivity contribution is -0.0000125. The van der Waals surface area contributed by atoms with E-state index in [2.05, 4.69) is 10.3 Å². The van der Waals surface area contributed by atoms with Crippen LogP contribution in [-0.4, -0.2) is 23.9 Å². The molecule has 3 aromatic rings. The average Bonchev–Trinajstić information content (AvgIpc) is 2.98. The molecule has 6 heteroatoms. The number of anilines is 1. The first-order chi connectivity index (χ1) is 10.8. The summed E-state index contributed by atoms with van der Waals surface area (Å²) < 4.78 is 6.62. The van der Waals surface area contributed by atoms with Gasteiger partial charge in [-0.1, -0.05) is 47.7 Å². The first-order valence-electron chi connectivity index (χ1n) is 7.12. The Morgan fingerprint density at radius 3 is 2.70 bits per heavy atom. The molecule has 4 nitrogen and oxygen atoms in total. The van der Waals surface area contributed by atoms with Crippen LogP contribution in [0.1, 0.15) is 17.3 Å². The van der Waals surface area contributed by atoms with Crippen LogP contribution in [0.15, 0.2) is 48.5 Å². The summed E-state index contributed by atoms with van der Waals surface area (Å²) >= 11 is 1.52. The number of ketones is 1. The third-order valence-corrected chi connectivity index (χ3v) is 4.16. The van der Waals surface area contributed by atoms with Crippen LogP contribution in [0.5, 0.6) is 5.75 Å². The van der Waals surface area contributed by atoms with Crippen LogP contribution < -0.4 is 27.0 Å². The molecule has 0 saturated heterocycles. The molecule has 1 aromatic heterocycles. The molecule has 0 fully saturated rings. The largest absolute Gasteiger partial charge is 1.00 e. The Balaban J connectivity index is 0.00000192. The van der Waals surface area contributed by atoms with Crippen molar-refractivity contribution in [3.05, 3.63) is 54.1 Å². The van der Waals surface area contributed by atoms with Gasteiger partial charge < -0.3 is 27.0 Å². The number of nitrogens with zero attached hydrogens (tertiary/aromatic N) is 1. The van der Waals surface area contributed by atoms with Gasteiger partial charge in [0.25, 0.3) is 0 Å². The second-order valence-electron chi connectivity index (χ2n) is 4.70. The number of nitrogens with one attached hydrogen (secondary N) is 1. The van der Waals surface area contributed by atoms with Crippen LogP contribution in [0.4, 0.5) is 5.13 Å². The minimum atomic E-state index is 0. The number of hydrogen-bond acceptors (Lipinski definition) is 5. The summed E-state index contributed by atoms with van der Waals surface area (Å²) in [6.07, 6.45) is 0. The Morgan fingerprint density at radius 1 is 1.17 bits per heavy atom. The number of thiazole rings is 1. The van der Waals surface area contributed by atoms with Gasteiger partial charge in [-0.25, -0.2) is 4.98 Å². The molecule has 0 aliphatic rings. The maximum absolute atomic E-state index is 12.1. The maximum atomic E-state index is 12.1. The molecule has 0 bridgehead atoms. The standard InChI is InChI=1S/C17H16N2O2S.BrH/c1-2-21-14-9-6-10-15-16(14)19-17(22-15)18-11-13(20)12-7-4-3-5-8-12;/h3-10H,2,11H2,1H3,(H,18,19);1H/p-1. The molecule has 1 heterocycles. The zero-order valence-electron chi connectivity index (χ0n) is 12.6. The average molecular weight is 392 g/mol. The SMILES string of the molecule is CCOc1cccc2sc(NCC(=O)c3ccccc3)nc12.[Br-]. The number of fused-ring (bicyclic) bond motifs is 1. The lowest BCUT2D eigenvalue weighted by Crippen LogP contribution is -3.00. The second kappa shape index (κ2) is 8.08. The molecule has 0 saturated carbocycles. The van der Waals surface area contributed by atoms with Crippen molar-refractivity contribution in [1.82, 2.24) is 4.98 Å². The molecule has 3 rings (SSSR count). The quantitative estimate of drug-likeness (QED) is 0.636. The van der Waals surface area contributed by atoms with E-state index < -0.39 is 0 Å². The van der Waals surface area contributed by atoms with Gasteiger partial charge in [0, 0.05) is 5.56 Å². The molecular formula is C17H16BrN2O2S-. The number of carbonyl (C=O) groups is 1. The van der Waals surface area contributed by atoms with Crippen LogP contribution >= 0.6 is 11.3 Å². The number of halogens is 1. The van der Waals surface area contributed by atoms with E-state index in [-0.39, 0.29) is 29.3 Å². The summed E-state index contributed by atoms with van der Waals surface area (Å²) in [7, 11) is 0. The zero-order valence-corrected chi connectivity index (χ0v) is 15.0. The molecule has 1 N–H and O–H groups in total. The smallest absolute Gasteiger partial charge is 0.184 e. The molecular weight excluding hydrogens is 376 g/mol. The third kappa shape index (κ3) is 4.09. The molecule has 23 heavy (non-hydrogen) atoms. The number of rotatable bonds is 6. The molecule has 0 atom stereocenters. The maximum Gasteiger partial charge on any atom is 0.184 e. The van der Waals surface area contributed by atoms with Crippen molar-refractivity contribution in [2.45, 2.75) is 6.92 Å². The molecule has 120 valence electrons. The number of ether oxygens (including phenoxy) is 1. The number of benzene rings is 2. The van der Waals surface area contributed by atoms with E-state index in [9.17, 15) is 4.79 Å². The van der Waals surface area contributed by atoms with Crippen LogP contribution in [0.3, 0.4) is 0 Å². The van der Waals surface area contributed by atoms with Gasteiger partial charge >= 0.3 is 0 Å². The fourth-order valence-corrected chi connectivity index (χ4v) is 3.03. The van der Waals surface area contributed by atoms with E-state index in [1.165, 1.54) is 11.3 Å². The van der Waals surface area contributed by atoms with Crippen molar-refractivity contribution in [1.29, 1.82) is 0 Å². The van der Waals surface area contributed by atoms with Crippen molar-refractivity contribution in [3.8, 4) is 5.75 Å². The molecule has 0 radical (unpaired) electrons. The summed E-state index contributed by atoms with van der Waals surface area (Å²) in [5.41, 5.74) is 1.54. The van der Waals surface area contributed by atoms with Gasteiger partial charge in [-0.05, 0) is 19.1 Å². The molecule has 0 aliphatic heterocycles. The zero-order chi connectivity index (χ0) is 15.4. The highest BCUT2D eigenvalue weighted by Gasteiger charge is 2.10. The predicted molar refractivity (Wildman–Crippen MR) is 90.1 cm³/mol. The van der Waals surface area contributed by atoms with Crippen LogP contribution in [0.25, 0.3) is 10.2 Å². The minimum Gasteiger partial charge on any atom is -1.00 e. The van der Waals surface area contributed by atoms with Gasteiger partial charge in [0.05, 0.1) is 17.9 Å². The second-order valence-corrected chi connectivity index (χ2v) is 5.73. The van der Waals surface area contributed by atoms with E-state index >= 15 is 0 Å². The highest BCUT2D eigenvalue weighted by Crippen LogP contribution is 2.32. The molecule has 0 amide bonds. The monoisotopic (exact) mass is 391 g/mol. The lowest BCUT2D eigenvalue weighted by atomic mass is 10.1. The Morgan fingerprint density at radius 2 is 1.96 bits per heavy atom. The summed E-state index contributed by atoms with van der Waals surface area (Å²) in [4.78, 5) is 16.6. The molecule has 0 aliphatic carbocycles.